The minimum Gasteiger partial charge on any atom is -0.372 e. The zero-order valence-electron chi connectivity index (χ0n) is 21.8. The quantitative estimate of drug-likeness (QED) is 0.173. The second kappa shape index (κ2) is 12.7. The van der Waals surface area contributed by atoms with Crippen molar-refractivity contribution < 1.29 is 4.79 Å². The van der Waals surface area contributed by atoms with Crippen molar-refractivity contribution in [3.05, 3.63) is 103 Å². The average molecular weight is 523 g/mol. The second-order valence-electron chi connectivity index (χ2n) is 9.58. The molecule has 1 aliphatic heterocycles. The van der Waals surface area contributed by atoms with Crippen molar-refractivity contribution >= 4 is 35.1 Å². The summed E-state index contributed by atoms with van der Waals surface area (Å²) in [6.45, 7) is 5.46. The third kappa shape index (κ3) is 6.75. The molecule has 0 unspecified atom stereocenters. The van der Waals surface area contributed by atoms with E-state index in [4.69, 9.17) is 0 Å². The number of carbonyl (C=O) groups excluding carboxylic acids is 1. The summed E-state index contributed by atoms with van der Waals surface area (Å²) in [6.07, 6.45) is 10.9. The molecular formula is C32H34N4OS. The molecule has 1 fully saturated rings. The van der Waals surface area contributed by atoms with E-state index >= 15 is 0 Å². The van der Waals surface area contributed by atoms with Crippen molar-refractivity contribution in [3.8, 4) is 11.1 Å². The van der Waals surface area contributed by atoms with E-state index in [0.29, 0.717) is 0 Å². The van der Waals surface area contributed by atoms with Crippen LogP contribution in [0.3, 0.4) is 0 Å². The molecule has 0 spiro atoms. The Bertz CT molecular complexity index is 1370. The maximum absolute atomic E-state index is 12.6. The van der Waals surface area contributed by atoms with Gasteiger partial charge in [0.05, 0.1) is 6.33 Å². The molecule has 0 saturated carbocycles. The van der Waals surface area contributed by atoms with Crippen molar-refractivity contribution in [3.63, 3.8) is 0 Å². The molecule has 0 aliphatic carbocycles. The number of hydrogen-bond donors (Lipinski definition) is 1. The van der Waals surface area contributed by atoms with Crippen LogP contribution in [0.1, 0.15) is 37.4 Å². The zero-order valence-corrected chi connectivity index (χ0v) is 22.7. The fourth-order valence-corrected chi connectivity index (χ4v) is 5.60. The molecule has 38 heavy (non-hydrogen) atoms. The Morgan fingerprint density at radius 1 is 1.00 bits per heavy atom. The fourth-order valence-electron chi connectivity index (χ4n) is 4.72. The molecule has 6 heteroatoms. The molecule has 0 bridgehead atoms. The standard InChI is InChI=1S/C32H34N4OS/c1-2-18-36-24-33-22-30(36)23-38-31-15-11-28(12-16-31)34-32(37)17-8-25-6-5-7-27(21-25)26-9-13-29(14-10-26)35-19-3-4-20-35/h5-17,21-22,24H,2-4,18-20,23H2,1H3,(H,34,37)/b17-8+. The first-order valence-electron chi connectivity index (χ1n) is 13.3. The molecule has 5 nitrogen and oxygen atoms in total. The summed E-state index contributed by atoms with van der Waals surface area (Å²) in [5.41, 5.74) is 6.63. The Morgan fingerprint density at radius 3 is 2.55 bits per heavy atom. The normalized spacial score (nSPS) is 13.3. The zero-order chi connectivity index (χ0) is 26.2. The Labute approximate surface area is 229 Å². The second-order valence-corrected chi connectivity index (χ2v) is 10.6. The van der Waals surface area contributed by atoms with Gasteiger partial charge in [-0.1, -0.05) is 37.3 Å². The van der Waals surface area contributed by atoms with Gasteiger partial charge >= 0.3 is 0 Å². The SMILES string of the molecule is CCCn1cncc1CSc1ccc(NC(=O)/C=C/c2cccc(-c3ccc(N4CCCC4)cc3)c2)cc1. The molecule has 4 aromatic rings. The lowest BCUT2D eigenvalue weighted by Crippen LogP contribution is -2.17. The number of nitrogens with zero attached hydrogens (tertiary/aromatic N) is 3. The smallest absolute Gasteiger partial charge is 0.248 e. The molecular weight excluding hydrogens is 488 g/mol. The van der Waals surface area contributed by atoms with E-state index in [0.717, 1.165) is 53.5 Å². The summed E-state index contributed by atoms with van der Waals surface area (Å²) in [5.74, 6) is 0.727. The number of rotatable bonds is 10. The van der Waals surface area contributed by atoms with Gasteiger partial charge in [-0.15, -0.1) is 11.8 Å². The summed E-state index contributed by atoms with van der Waals surface area (Å²) in [5, 5.41) is 2.96. The Balaban J connectivity index is 1.14. The third-order valence-corrected chi connectivity index (χ3v) is 7.80. The topological polar surface area (TPSA) is 50.2 Å². The maximum atomic E-state index is 12.6. The highest BCUT2D eigenvalue weighted by Crippen LogP contribution is 2.27. The predicted octanol–water partition coefficient (Wildman–Crippen LogP) is 7.50. The Kier molecular flexibility index (Phi) is 8.61. The van der Waals surface area contributed by atoms with Crippen LogP contribution >= 0.6 is 11.8 Å². The lowest BCUT2D eigenvalue weighted by atomic mass is 10.0. The summed E-state index contributed by atoms with van der Waals surface area (Å²) in [4.78, 5) is 20.4. The van der Waals surface area contributed by atoms with Crippen LogP contribution in [0.2, 0.25) is 0 Å². The summed E-state index contributed by atoms with van der Waals surface area (Å²) in [7, 11) is 0. The number of thioether (sulfide) groups is 1. The minimum atomic E-state index is -0.144. The molecule has 5 rings (SSSR count). The van der Waals surface area contributed by atoms with Gasteiger partial charge in [-0.25, -0.2) is 4.98 Å². The van der Waals surface area contributed by atoms with Crippen molar-refractivity contribution in [2.45, 2.75) is 43.4 Å². The van der Waals surface area contributed by atoms with E-state index in [-0.39, 0.29) is 5.91 Å². The number of aromatic nitrogens is 2. The highest BCUT2D eigenvalue weighted by Gasteiger charge is 2.12. The maximum Gasteiger partial charge on any atom is 0.248 e. The number of hydrogen-bond acceptors (Lipinski definition) is 4. The average Bonchev–Trinajstić information content (AvgIpc) is 3.65. The van der Waals surface area contributed by atoms with Crippen LogP contribution in [-0.2, 0) is 17.1 Å². The van der Waals surface area contributed by atoms with E-state index in [1.807, 2.05) is 55.0 Å². The van der Waals surface area contributed by atoms with Crippen molar-refractivity contribution in [2.24, 2.45) is 0 Å². The number of nitrogens with one attached hydrogen (secondary N) is 1. The van der Waals surface area contributed by atoms with Gasteiger partial charge in [0.25, 0.3) is 0 Å². The van der Waals surface area contributed by atoms with E-state index in [9.17, 15) is 4.79 Å². The number of carbonyl (C=O) groups is 1. The Hall–Kier alpha value is -3.77. The molecule has 0 radical (unpaired) electrons. The van der Waals surface area contributed by atoms with Crippen LogP contribution in [0.4, 0.5) is 11.4 Å². The molecule has 1 amide bonds. The lowest BCUT2D eigenvalue weighted by molar-refractivity contribution is -0.111. The van der Waals surface area contributed by atoms with Gasteiger partial charge in [0.1, 0.15) is 0 Å². The number of anilines is 2. The molecule has 1 aromatic heterocycles. The lowest BCUT2D eigenvalue weighted by Gasteiger charge is -2.17. The minimum absolute atomic E-state index is 0.144. The molecule has 0 atom stereocenters. The predicted molar refractivity (Wildman–Crippen MR) is 160 cm³/mol. The van der Waals surface area contributed by atoms with Crippen LogP contribution in [0, 0.1) is 0 Å². The van der Waals surface area contributed by atoms with E-state index < -0.39 is 0 Å². The van der Waals surface area contributed by atoms with Crippen LogP contribution in [-0.4, -0.2) is 28.5 Å². The van der Waals surface area contributed by atoms with Crippen LogP contribution < -0.4 is 10.2 Å². The first kappa shape index (κ1) is 25.9. The van der Waals surface area contributed by atoms with Crippen molar-refractivity contribution in [1.29, 1.82) is 0 Å². The number of aryl methyl sites for hydroxylation is 1. The number of amides is 1. The summed E-state index contributed by atoms with van der Waals surface area (Å²) in [6, 6.07) is 25.1. The van der Waals surface area contributed by atoms with Crippen LogP contribution in [0.5, 0.6) is 0 Å². The monoisotopic (exact) mass is 522 g/mol. The Morgan fingerprint density at radius 2 is 1.79 bits per heavy atom. The highest BCUT2D eigenvalue weighted by atomic mass is 32.2. The van der Waals surface area contributed by atoms with Crippen molar-refractivity contribution in [1.82, 2.24) is 9.55 Å². The van der Waals surface area contributed by atoms with E-state index in [1.54, 1.807) is 17.8 Å². The number of imidazole rings is 1. The summed E-state index contributed by atoms with van der Waals surface area (Å²) < 4.78 is 2.20. The molecule has 1 saturated heterocycles. The van der Waals surface area contributed by atoms with Gasteiger partial charge in [0.15, 0.2) is 0 Å². The van der Waals surface area contributed by atoms with Gasteiger partial charge in [-0.2, -0.15) is 0 Å². The van der Waals surface area contributed by atoms with Crippen LogP contribution in [0.25, 0.3) is 17.2 Å². The molecule has 1 N–H and O–H groups in total. The van der Waals surface area contributed by atoms with Gasteiger partial charge in [0, 0.05) is 59.6 Å². The van der Waals surface area contributed by atoms with Gasteiger partial charge in [-0.3, -0.25) is 4.79 Å². The molecule has 194 valence electrons. The molecule has 1 aliphatic rings. The van der Waals surface area contributed by atoms with Crippen LogP contribution in [0.15, 0.2) is 96.3 Å². The molecule has 3 aromatic carbocycles. The number of benzene rings is 3. The molecule has 2 heterocycles. The first-order valence-corrected chi connectivity index (χ1v) is 14.3. The first-order chi connectivity index (χ1) is 18.7. The van der Waals surface area contributed by atoms with Gasteiger partial charge in [0.2, 0.25) is 5.91 Å². The largest absolute Gasteiger partial charge is 0.372 e. The third-order valence-electron chi connectivity index (χ3n) is 6.76. The summed E-state index contributed by atoms with van der Waals surface area (Å²) >= 11 is 1.77. The fraction of sp³-hybridized carbons (Fsp3) is 0.250. The van der Waals surface area contributed by atoms with Gasteiger partial charge in [-0.05, 0) is 84.5 Å². The van der Waals surface area contributed by atoms with Gasteiger partial charge < -0.3 is 14.8 Å². The van der Waals surface area contributed by atoms with E-state index in [1.165, 1.54) is 29.8 Å². The highest BCUT2D eigenvalue weighted by molar-refractivity contribution is 7.98. The van der Waals surface area contributed by atoms with Crippen molar-refractivity contribution in [2.75, 3.05) is 23.3 Å². The van der Waals surface area contributed by atoms with E-state index in [2.05, 4.69) is 63.1 Å².